The molecule has 1 atom stereocenters. The number of hydrogen-bond acceptors (Lipinski definition) is 3. The van der Waals surface area contributed by atoms with Crippen LogP contribution in [0.4, 0.5) is 0 Å². The summed E-state index contributed by atoms with van der Waals surface area (Å²) >= 11 is 0. The molecule has 0 bridgehead atoms. The monoisotopic (exact) mass is 196 g/mol. The molecule has 0 spiro atoms. The molecule has 0 aliphatic rings. The Morgan fingerprint density at radius 1 is 1.29 bits per heavy atom. The number of benzene rings is 1. The summed E-state index contributed by atoms with van der Waals surface area (Å²) < 4.78 is 5.54. The van der Waals surface area contributed by atoms with Gasteiger partial charge in [-0.3, -0.25) is 0 Å². The predicted octanol–water partition coefficient (Wildman–Crippen LogP) is 1.20. The van der Waals surface area contributed by atoms with E-state index >= 15 is 0 Å². The summed E-state index contributed by atoms with van der Waals surface area (Å²) in [5.41, 5.74) is -0.782. The van der Waals surface area contributed by atoms with E-state index < -0.39 is 11.7 Å². The van der Waals surface area contributed by atoms with E-state index in [9.17, 15) is 5.11 Å². The molecule has 0 radical (unpaired) electrons. The maximum atomic E-state index is 9.47. The molecule has 14 heavy (non-hydrogen) atoms. The number of aliphatic hydroxyl groups is 2. The zero-order valence-electron chi connectivity index (χ0n) is 8.47. The van der Waals surface area contributed by atoms with Gasteiger partial charge in [0.1, 0.15) is 17.5 Å². The highest BCUT2D eigenvalue weighted by atomic mass is 16.5. The molecule has 0 aliphatic heterocycles. The first-order valence-corrected chi connectivity index (χ1v) is 4.59. The molecule has 0 unspecified atom stereocenters. The minimum absolute atomic E-state index is 0.306. The van der Waals surface area contributed by atoms with Gasteiger partial charge in [-0.25, -0.2) is 0 Å². The van der Waals surface area contributed by atoms with Crippen LogP contribution in [-0.4, -0.2) is 28.5 Å². The minimum Gasteiger partial charge on any atom is -0.485 e. The Labute approximate surface area is 84.0 Å². The molecule has 3 nitrogen and oxygen atoms in total. The molecule has 0 aliphatic carbocycles. The predicted molar refractivity (Wildman–Crippen MR) is 54.2 cm³/mol. The van der Waals surface area contributed by atoms with Crippen LogP contribution >= 0.6 is 0 Å². The lowest BCUT2D eigenvalue weighted by atomic mass is 10.0. The molecular formula is C11H16O3. The maximum absolute atomic E-state index is 9.47. The number of rotatable bonds is 4. The van der Waals surface area contributed by atoms with Gasteiger partial charge in [0, 0.05) is 0 Å². The molecule has 1 rings (SSSR count). The van der Waals surface area contributed by atoms with Crippen molar-refractivity contribution in [1.29, 1.82) is 0 Å². The van der Waals surface area contributed by atoms with Crippen LogP contribution in [-0.2, 0) is 0 Å². The molecule has 3 heteroatoms. The van der Waals surface area contributed by atoms with E-state index in [1.54, 1.807) is 13.8 Å². The fourth-order valence-corrected chi connectivity index (χ4v) is 1.08. The molecular weight excluding hydrogens is 180 g/mol. The number of hydrogen-bond donors (Lipinski definition) is 2. The first-order chi connectivity index (χ1) is 6.56. The Morgan fingerprint density at radius 3 is 2.36 bits per heavy atom. The molecule has 0 saturated heterocycles. The topological polar surface area (TPSA) is 49.7 Å². The SMILES string of the molecule is CC(C)(Oc1ccccc1)[C@H](O)CO. The second-order valence-corrected chi connectivity index (χ2v) is 3.72. The third kappa shape index (κ3) is 2.72. The molecule has 78 valence electrons. The second kappa shape index (κ2) is 4.44. The van der Waals surface area contributed by atoms with E-state index in [-0.39, 0.29) is 6.61 Å². The van der Waals surface area contributed by atoms with E-state index in [0.29, 0.717) is 5.75 Å². The Morgan fingerprint density at radius 2 is 1.86 bits per heavy atom. The van der Waals surface area contributed by atoms with E-state index in [1.165, 1.54) is 0 Å². The first kappa shape index (κ1) is 11.0. The maximum Gasteiger partial charge on any atom is 0.131 e. The normalized spacial score (nSPS) is 13.7. The fraction of sp³-hybridized carbons (Fsp3) is 0.455. The molecule has 0 aromatic heterocycles. The van der Waals surface area contributed by atoms with Gasteiger partial charge in [0.15, 0.2) is 0 Å². The van der Waals surface area contributed by atoms with E-state index in [2.05, 4.69) is 0 Å². The standard InChI is InChI=1S/C11H16O3/c1-11(2,10(13)8-12)14-9-6-4-3-5-7-9/h3-7,10,12-13H,8H2,1-2H3/t10-/m1/s1. The summed E-state index contributed by atoms with van der Waals surface area (Å²) in [4.78, 5) is 0. The van der Waals surface area contributed by atoms with Gasteiger partial charge in [-0.15, -0.1) is 0 Å². The summed E-state index contributed by atoms with van der Waals surface area (Å²) in [6.07, 6.45) is -0.886. The first-order valence-electron chi connectivity index (χ1n) is 4.59. The van der Waals surface area contributed by atoms with Crippen molar-refractivity contribution < 1.29 is 14.9 Å². The number of aliphatic hydroxyl groups excluding tert-OH is 2. The average molecular weight is 196 g/mol. The Hall–Kier alpha value is -1.06. The zero-order valence-corrected chi connectivity index (χ0v) is 8.47. The van der Waals surface area contributed by atoms with Crippen LogP contribution in [0.2, 0.25) is 0 Å². The van der Waals surface area contributed by atoms with Gasteiger partial charge in [-0.2, -0.15) is 0 Å². The quantitative estimate of drug-likeness (QED) is 0.760. The van der Waals surface area contributed by atoms with Crippen molar-refractivity contribution >= 4 is 0 Å². The van der Waals surface area contributed by atoms with E-state index in [1.807, 2.05) is 30.3 Å². The van der Waals surface area contributed by atoms with Crippen LogP contribution in [0.25, 0.3) is 0 Å². The van der Waals surface area contributed by atoms with Gasteiger partial charge in [-0.05, 0) is 26.0 Å². The van der Waals surface area contributed by atoms with Crippen molar-refractivity contribution in [3.05, 3.63) is 30.3 Å². The smallest absolute Gasteiger partial charge is 0.131 e. The van der Waals surface area contributed by atoms with Gasteiger partial charge in [0.2, 0.25) is 0 Å². The molecule has 0 heterocycles. The van der Waals surface area contributed by atoms with Gasteiger partial charge < -0.3 is 14.9 Å². The van der Waals surface area contributed by atoms with Crippen LogP contribution in [0.1, 0.15) is 13.8 Å². The van der Waals surface area contributed by atoms with Crippen LogP contribution in [0.15, 0.2) is 30.3 Å². The van der Waals surface area contributed by atoms with Gasteiger partial charge in [-0.1, -0.05) is 18.2 Å². The van der Waals surface area contributed by atoms with Crippen LogP contribution in [0.5, 0.6) is 5.75 Å². The lowest BCUT2D eigenvalue weighted by molar-refractivity contribution is -0.0542. The highest BCUT2D eigenvalue weighted by molar-refractivity contribution is 5.22. The van der Waals surface area contributed by atoms with Crippen molar-refractivity contribution in [2.24, 2.45) is 0 Å². The molecule has 0 fully saturated rings. The van der Waals surface area contributed by atoms with Crippen LogP contribution in [0.3, 0.4) is 0 Å². The van der Waals surface area contributed by atoms with Crippen molar-refractivity contribution in [2.75, 3.05) is 6.61 Å². The zero-order chi connectivity index (χ0) is 10.6. The van der Waals surface area contributed by atoms with Gasteiger partial charge >= 0.3 is 0 Å². The molecule has 2 N–H and O–H groups in total. The molecule has 1 aromatic carbocycles. The highest BCUT2D eigenvalue weighted by Crippen LogP contribution is 2.20. The fourth-order valence-electron chi connectivity index (χ4n) is 1.08. The third-order valence-corrected chi connectivity index (χ3v) is 2.10. The average Bonchev–Trinajstić information content (AvgIpc) is 2.17. The van der Waals surface area contributed by atoms with Gasteiger partial charge in [0.05, 0.1) is 6.61 Å². The lowest BCUT2D eigenvalue weighted by Gasteiger charge is -2.30. The summed E-state index contributed by atoms with van der Waals surface area (Å²) in [6, 6.07) is 9.23. The van der Waals surface area contributed by atoms with Crippen molar-refractivity contribution in [3.8, 4) is 5.75 Å². The van der Waals surface area contributed by atoms with Crippen molar-refractivity contribution in [2.45, 2.75) is 25.6 Å². The summed E-state index contributed by atoms with van der Waals surface area (Å²) in [5, 5.41) is 18.3. The molecule has 1 aromatic rings. The van der Waals surface area contributed by atoms with Crippen molar-refractivity contribution in [3.63, 3.8) is 0 Å². The number of ether oxygens (including phenoxy) is 1. The third-order valence-electron chi connectivity index (χ3n) is 2.10. The second-order valence-electron chi connectivity index (χ2n) is 3.72. The largest absolute Gasteiger partial charge is 0.485 e. The van der Waals surface area contributed by atoms with E-state index in [0.717, 1.165) is 0 Å². The van der Waals surface area contributed by atoms with Gasteiger partial charge in [0.25, 0.3) is 0 Å². The summed E-state index contributed by atoms with van der Waals surface area (Å²) in [6.45, 7) is 3.17. The highest BCUT2D eigenvalue weighted by Gasteiger charge is 2.29. The van der Waals surface area contributed by atoms with Crippen LogP contribution in [0, 0.1) is 0 Å². The summed E-state index contributed by atoms with van der Waals surface area (Å²) in [5.74, 6) is 0.685. The van der Waals surface area contributed by atoms with Crippen molar-refractivity contribution in [1.82, 2.24) is 0 Å². The lowest BCUT2D eigenvalue weighted by Crippen LogP contribution is -2.44. The Kier molecular flexibility index (Phi) is 3.49. The Bertz CT molecular complexity index is 269. The molecule has 0 saturated carbocycles. The minimum atomic E-state index is -0.886. The molecule has 0 amide bonds. The van der Waals surface area contributed by atoms with Crippen LogP contribution < -0.4 is 4.74 Å². The summed E-state index contributed by atoms with van der Waals surface area (Å²) in [7, 11) is 0. The Balaban J connectivity index is 2.68. The van der Waals surface area contributed by atoms with E-state index in [4.69, 9.17) is 9.84 Å². The number of para-hydroxylation sites is 1.